The van der Waals surface area contributed by atoms with Gasteiger partial charge in [-0.25, -0.2) is 0 Å². The van der Waals surface area contributed by atoms with E-state index >= 15 is 0 Å². The zero-order valence-corrected chi connectivity index (χ0v) is 11.7. The molecule has 1 nitrogen and oxygen atoms in total. The molecule has 0 saturated carbocycles. The average Bonchev–Trinajstić information content (AvgIpc) is 2.20. The summed E-state index contributed by atoms with van der Waals surface area (Å²) >= 11 is 3.55. The standard InChI is InChI=1S/C12H24OS2/c1-3-4-9-14-10-7-5-6-8-11-15-12(2)13/h3-11H2,1-2H3. The molecule has 0 fully saturated rings. The van der Waals surface area contributed by atoms with E-state index in [2.05, 4.69) is 18.7 Å². The van der Waals surface area contributed by atoms with Gasteiger partial charge in [0.2, 0.25) is 0 Å². The number of rotatable bonds is 10. The lowest BCUT2D eigenvalue weighted by atomic mass is 10.2. The second-order valence-electron chi connectivity index (χ2n) is 3.72. The second-order valence-corrected chi connectivity index (χ2v) is 6.22. The summed E-state index contributed by atoms with van der Waals surface area (Å²) < 4.78 is 0. The lowest BCUT2D eigenvalue weighted by molar-refractivity contribution is -0.109. The molecule has 0 spiro atoms. The predicted molar refractivity (Wildman–Crippen MR) is 73.8 cm³/mol. The molecule has 90 valence electrons. The van der Waals surface area contributed by atoms with Gasteiger partial charge in [0, 0.05) is 12.7 Å². The van der Waals surface area contributed by atoms with Gasteiger partial charge in [0.15, 0.2) is 5.12 Å². The summed E-state index contributed by atoms with van der Waals surface area (Å²) in [5, 5.41) is 0.255. The first kappa shape index (κ1) is 15.4. The van der Waals surface area contributed by atoms with Gasteiger partial charge in [-0.1, -0.05) is 37.9 Å². The number of unbranched alkanes of at least 4 members (excludes halogenated alkanes) is 4. The summed E-state index contributed by atoms with van der Waals surface area (Å²) in [5.74, 6) is 3.66. The van der Waals surface area contributed by atoms with Crippen LogP contribution in [0.2, 0.25) is 0 Å². The Kier molecular flexibility index (Phi) is 12.7. The van der Waals surface area contributed by atoms with Crippen molar-refractivity contribution >= 4 is 28.6 Å². The Morgan fingerprint density at radius 3 is 2.13 bits per heavy atom. The molecule has 0 aliphatic heterocycles. The maximum atomic E-state index is 10.6. The normalized spacial score (nSPS) is 10.5. The van der Waals surface area contributed by atoms with Crippen molar-refractivity contribution in [1.29, 1.82) is 0 Å². The molecule has 0 aromatic rings. The number of hydrogen-bond acceptors (Lipinski definition) is 3. The number of thioether (sulfide) groups is 2. The molecule has 15 heavy (non-hydrogen) atoms. The first-order chi connectivity index (χ1) is 7.27. The zero-order chi connectivity index (χ0) is 11.4. The molecule has 0 radical (unpaired) electrons. The van der Waals surface area contributed by atoms with E-state index in [-0.39, 0.29) is 5.12 Å². The molecular weight excluding hydrogens is 224 g/mol. The van der Waals surface area contributed by atoms with Crippen LogP contribution in [0.25, 0.3) is 0 Å². The highest BCUT2D eigenvalue weighted by Crippen LogP contribution is 2.11. The molecular formula is C12H24OS2. The van der Waals surface area contributed by atoms with E-state index in [9.17, 15) is 4.79 Å². The zero-order valence-electron chi connectivity index (χ0n) is 10.1. The van der Waals surface area contributed by atoms with Gasteiger partial charge in [-0.05, 0) is 30.8 Å². The summed E-state index contributed by atoms with van der Waals surface area (Å²) in [6.07, 6.45) is 7.84. The Balaban J connectivity index is 2.89. The maximum absolute atomic E-state index is 10.6. The Bertz CT molecular complexity index is 149. The third kappa shape index (κ3) is 14.4. The van der Waals surface area contributed by atoms with Gasteiger partial charge in [0.25, 0.3) is 0 Å². The third-order valence-corrected chi connectivity index (χ3v) is 4.18. The Labute approximate surface area is 103 Å². The van der Waals surface area contributed by atoms with Crippen LogP contribution in [0.15, 0.2) is 0 Å². The second kappa shape index (κ2) is 12.4. The van der Waals surface area contributed by atoms with Gasteiger partial charge in [-0.15, -0.1) is 0 Å². The number of carbonyl (C=O) groups excluding carboxylic acids is 1. The van der Waals surface area contributed by atoms with E-state index in [0.717, 1.165) is 5.75 Å². The fourth-order valence-electron chi connectivity index (χ4n) is 1.22. The molecule has 0 rings (SSSR count). The van der Waals surface area contributed by atoms with Crippen LogP contribution in [-0.2, 0) is 4.79 Å². The minimum absolute atomic E-state index is 0.255. The van der Waals surface area contributed by atoms with Crippen LogP contribution in [0.5, 0.6) is 0 Å². The van der Waals surface area contributed by atoms with Crippen molar-refractivity contribution in [2.24, 2.45) is 0 Å². The molecule has 0 aromatic heterocycles. The molecule has 3 heteroatoms. The predicted octanol–water partition coefficient (Wildman–Crippen LogP) is 4.36. The SMILES string of the molecule is CCCCSCCCCCCSC(C)=O. The first-order valence-corrected chi connectivity index (χ1v) is 8.12. The van der Waals surface area contributed by atoms with E-state index in [4.69, 9.17) is 0 Å². The van der Waals surface area contributed by atoms with E-state index in [0.29, 0.717) is 0 Å². The maximum Gasteiger partial charge on any atom is 0.185 e. The van der Waals surface area contributed by atoms with Crippen LogP contribution in [0.1, 0.15) is 52.4 Å². The Hall–Kier alpha value is 0.370. The molecule has 0 heterocycles. The highest BCUT2D eigenvalue weighted by molar-refractivity contribution is 8.13. The number of carbonyl (C=O) groups is 1. The fraction of sp³-hybridized carbons (Fsp3) is 0.917. The fourth-order valence-corrected chi connectivity index (χ4v) is 2.97. The van der Waals surface area contributed by atoms with Crippen molar-refractivity contribution in [1.82, 2.24) is 0 Å². The van der Waals surface area contributed by atoms with Gasteiger partial charge in [0.05, 0.1) is 0 Å². The smallest absolute Gasteiger partial charge is 0.185 e. The van der Waals surface area contributed by atoms with Gasteiger partial charge in [-0.2, -0.15) is 11.8 Å². The molecule has 0 saturated heterocycles. The van der Waals surface area contributed by atoms with Gasteiger partial charge in [0.1, 0.15) is 0 Å². The largest absolute Gasteiger partial charge is 0.288 e. The lowest BCUT2D eigenvalue weighted by Gasteiger charge is -2.01. The van der Waals surface area contributed by atoms with Crippen molar-refractivity contribution in [3.63, 3.8) is 0 Å². The van der Waals surface area contributed by atoms with E-state index in [1.54, 1.807) is 6.92 Å². The molecule has 0 aromatic carbocycles. The highest BCUT2D eigenvalue weighted by atomic mass is 32.2. The van der Waals surface area contributed by atoms with Crippen molar-refractivity contribution in [3.05, 3.63) is 0 Å². The average molecular weight is 248 g/mol. The van der Waals surface area contributed by atoms with E-state index < -0.39 is 0 Å². The van der Waals surface area contributed by atoms with E-state index in [1.807, 2.05) is 0 Å². The minimum atomic E-state index is 0.255. The first-order valence-electron chi connectivity index (χ1n) is 5.98. The van der Waals surface area contributed by atoms with Crippen LogP contribution in [0.4, 0.5) is 0 Å². The quantitative estimate of drug-likeness (QED) is 0.535. The molecule has 0 aliphatic rings. The van der Waals surface area contributed by atoms with Crippen LogP contribution in [0, 0.1) is 0 Å². The summed E-state index contributed by atoms with van der Waals surface area (Å²) in [7, 11) is 0. The number of hydrogen-bond donors (Lipinski definition) is 0. The minimum Gasteiger partial charge on any atom is -0.288 e. The Morgan fingerprint density at radius 2 is 1.53 bits per heavy atom. The van der Waals surface area contributed by atoms with Crippen molar-refractivity contribution in [2.45, 2.75) is 52.4 Å². The highest BCUT2D eigenvalue weighted by Gasteiger charge is 1.94. The summed E-state index contributed by atoms with van der Waals surface area (Å²) in [4.78, 5) is 10.6. The van der Waals surface area contributed by atoms with Gasteiger partial charge < -0.3 is 0 Å². The van der Waals surface area contributed by atoms with Crippen LogP contribution < -0.4 is 0 Å². The topological polar surface area (TPSA) is 17.1 Å². The summed E-state index contributed by atoms with van der Waals surface area (Å²) in [6.45, 7) is 3.89. The van der Waals surface area contributed by atoms with Crippen LogP contribution in [0.3, 0.4) is 0 Å². The van der Waals surface area contributed by atoms with Crippen molar-refractivity contribution in [2.75, 3.05) is 17.3 Å². The van der Waals surface area contributed by atoms with Crippen molar-refractivity contribution in [3.8, 4) is 0 Å². The van der Waals surface area contributed by atoms with Crippen LogP contribution >= 0.6 is 23.5 Å². The molecule has 0 N–H and O–H groups in total. The summed E-state index contributed by atoms with van der Waals surface area (Å²) in [5.41, 5.74) is 0. The monoisotopic (exact) mass is 248 g/mol. The molecule has 0 aliphatic carbocycles. The summed E-state index contributed by atoms with van der Waals surface area (Å²) in [6, 6.07) is 0. The molecule has 0 atom stereocenters. The van der Waals surface area contributed by atoms with E-state index in [1.165, 1.54) is 61.8 Å². The lowest BCUT2D eigenvalue weighted by Crippen LogP contribution is -1.88. The van der Waals surface area contributed by atoms with Gasteiger partial charge in [-0.3, -0.25) is 4.79 Å². The molecule has 0 bridgehead atoms. The molecule has 0 amide bonds. The Morgan fingerprint density at radius 1 is 0.933 bits per heavy atom. The van der Waals surface area contributed by atoms with Gasteiger partial charge >= 0.3 is 0 Å². The van der Waals surface area contributed by atoms with Crippen LogP contribution in [-0.4, -0.2) is 22.4 Å². The van der Waals surface area contributed by atoms with Crippen molar-refractivity contribution < 1.29 is 4.79 Å². The molecule has 0 unspecified atom stereocenters. The third-order valence-electron chi connectivity index (χ3n) is 2.13.